The average molecular weight is 272 g/mol. The number of hydrogen-bond acceptors (Lipinski definition) is 2. The zero-order valence-electron chi connectivity index (χ0n) is 12.2. The molecular formula is C17H21FN2. The lowest BCUT2D eigenvalue weighted by atomic mass is 10.00. The van der Waals surface area contributed by atoms with Crippen molar-refractivity contribution in [1.82, 2.24) is 4.98 Å². The summed E-state index contributed by atoms with van der Waals surface area (Å²) >= 11 is 0. The van der Waals surface area contributed by atoms with Gasteiger partial charge in [-0.25, -0.2) is 4.98 Å². The zero-order valence-corrected chi connectivity index (χ0v) is 12.2. The Labute approximate surface area is 120 Å². The monoisotopic (exact) mass is 272 g/mol. The molecule has 0 spiro atoms. The highest BCUT2D eigenvalue weighted by Gasteiger charge is 2.06. The average Bonchev–Trinajstić information content (AvgIpc) is 2.41. The Morgan fingerprint density at radius 2 is 1.75 bits per heavy atom. The number of nitrogens with one attached hydrogen (secondary N) is 1. The molecule has 0 amide bonds. The molecule has 0 saturated carbocycles. The first-order valence-electron chi connectivity index (χ1n) is 7.01. The highest BCUT2D eigenvalue weighted by Crippen LogP contribution is 2.20. The Morgan fingerprint density at radius 3 is 2.30 bits per heavy atom. The Morgan fingerprint density at radius 1 is 1.05 bits per heavy atom. The standard InChI is InChI=1S/C17H21FN2/c1-12(2)10-14-4-6-15(7-5-14)13(3)20-16-8-9-17(18)19-11-16/h4-9,11-13,20H,10H2,1-3H3. The van der Waals surface area contributed by atoms with E-state index in [9.17, 15) is 4.39 Å². The first-order valence-corrected chi connectivity index (χ1v) is 7.01. The van der Waals surface area contributed by atoms with E-state index in [-0.39, 0.29) is 6.04 Å². The molecule has 0 aliphatic rings. The van der Waals surface area contributed by atoms with Crippen LogP contribution >= 0.6 is 0 Å². The summed E-state index contributed by atoms with van der Waals surface area (Å²) in [5, 5.41) is 3.32. The summed E-state index contributed by atoms with van der Waals surface area (Å²) in [6.45, 7) is 6.53. The predicted molar refractivity (Wildman–Crippen MR) is 81.2 cm³/mol. The van der Waals surface area contributed by atoms with Crippen LogP contribution < -0.4 is 5.32 Å². The molecule has 1 aromatic carbocycles. The number of hydrogen-bond donors (Lipinski definition) is 1. The molecule has 0 fully saturated rings. The van der Waals surface area contributed by atoms with E-state index < -0.39 is 5.95 Å². The van der Waals surface area contributed by atoms with Crippen molar-refractivity contribution in [2.24, 2.45) is 5.92 Å². The molecule has 1 aromatic heterocycles. The Bertz CT molecular complexity index is 532. The highest BCUT2D eigenvalue weighted by atomic mass is 19.1. The summed E-state index contributed by atoms with van der Waals surface area (Å²) in [6.07, 6.45) is 2.61. The zero-order chi connectivity index (χ0) is 14.5. The quantitative estimate of drug-likeness (QED) is 0.805. The fourth-order valence-electron chi connectivity index (χ4n) is 2.21. The van der Waals surface area contributed by atoms with Gasteiger partial charge in [0.05, 0.1) is 11.9 Å². The summed E-state index contributed by atoms with van der Waals surface area (Å²) < 4.78 is 12.8. The molecule has 20 heavy (non-hydrogen) atoms. The third-order valence-electron chi connectivity index (χ3n) is 3.23. The molecule has 2 nitrogen and oxygen atoms in total. The lowest BCUT2D eigenvalue weighted by Crippen LogP contribution is -2.07. The molecular weight excluding hydrogens is 251 g/mol. The molecule has 0 aliphatic heterocycles. The number of halogens is 1. The van der Waals surface area contributed by atoms with Crippen LogP contribution in [0.3, 0.4) is 0 Å². The van der Waals surface area contributed by atoms with Gasteiger partial charge in [0.25, 0.3) is 0 Å². The van der Waals surface area contributed by atoms with Crippen LogP contribution in [-0.2, 0) is 6.42 Å². The van der Waals surface area contributed by atoms with Gasteiger partial charge in [0, 0.05) is 6.04 Å². The van der Waals surface area contributed by atoms with Crippen molar-refractivity contribution in [2.75, 3.05) is 5.32 Å². The minimum Gasteiger partial charge on any atom is -0.377 e. The van der Waals surface area contributed by atoms with E-state index in [1.807, 2.05) is 0 Å². The van der Waals surface area contributed by atoms with Gasteiger partial charge in [-0.2, -0.15) is 4.39 Å². The van der Waals surface area contributed by atoms with Gasteiger partial charge in [-0.3, -0.25) is 0 Å². The molecule has 2 rings (SSSR count). The van der Waals surface area contributed by atoms with Gasteiger partial charge in [0.15, 0.2) is 0 Å². The minimum atomic E-state index is -0.457. The molecule has 2 aromatic rings. The summed E-state index contributed by atoms with van der Waals surface area (Å²) in [5.41, 5.74) is 3.39. The first kappa shape index (κ1) is 14.5. The Balaban J connectivity index is 2.01. The van der Waals surface area contributed by atoms with Gasteiger partial charge < -0.3 is 5.32 Å². The lowest BCUT2D eigenvalue weighted by molar-refractivity contribution is 0.584. The topological polar surface area (TPSA) is 24.9 Å². The molecule has 1 N–H and O–H groups in total. The molecule has 0 radical (unpaired) electrons. The second-order valence-corrected chi connectivity index (χ2v) is 5.58. The number of rotatable bonds is 5. The Hall–Kier alpha value is -1.90. The molecule has 0 bridgehead atoms. The van der Waals surface area contributed by atoms with E-state index in [0.717, 1.165) is 12.1 Å². The molecule has 1 heterocycles. The summed E-state index contributed by atoms with van der Waals surface area (Å²) in [4.78, 5) is 3.64. The van der Waals surface area contributed by atoms with Crippen molar-refractivity contribution in [3.63, 3.8) is 0 Å². The maximum absolute atomic E-state index is 12.8. The number of benzene rings is 1. The van der Waals surface area contributed by atoms with Crippen molar-refractivity contribution in [1.29, 1.82) is 0 Å². The van der Waals surface area contributed by atoms with Crippen LogP contribution in [0.2, 0.25) is 0 Å². The fraction of sp³-hybridized carbons (Fsp3) is 0.353. The van der Waals surface area contributed by atoms with E-state index in [1.54, 1.807) is 6.07 Å². The van der Waals surface area contributed by atoms with Gasteiger partial charge in [0.2, 0.25) is 5.95 Å². The molecule has 1 atom stereocenters. The molecule has 0 saturated heterocycles. The van der Waals surface area contributed by atoms with E-state index in [2.05, 4.69) is 55.3 Å². The van der Waals surface area contributed by atoms with Crippen LogP contribution in [0.1, 0.15) is 37.9 Å². The predicted octanol–water partition coefficient (Wildman–Crippen LogP) is 4.59. The van der Waals surface area contributed by atoms with Gasteiger partial charge in [0.1, 0.15) is 0 Å². The third kappa shape index (κ3) is 4.05. The number of nitrogens with zero attached hydrogens (tertiary/aromatic N) is 1. The van der Waals surface area contributed by atoms with Gasteiger partial charge in [-0.05, 0) is 42.5 Å². The second kappa shape index (κ2) is 6.51. The molecule has 3 heteroatoms. The van der Waals surface area contributed by atoms with E-state index in [1.165, 1.54) is 23.4 Å². The maximum atomic E-state index is 12.8. The van der Waals surface area contributed by atoms with Crippen molar-refractivity contribution in [2.45, 2.75) is 33.2 Å². The van der Waals surface area contributed by atoms with E-state index in [0.29, 0.717) is 5.92 Å². The van der Waals surface area contributed by atoms with E-state index in [4.69, 9.17) is 0 Å². The maximum Gasteiger partial charge on any atom is 0.212 e. The number of anilines is 1. The largest absolute Gasteiger partial charge is 0.377 e. The van der Waals surface area contributed by atoms with Crippen LogP contribution in [0.25, 0.3) is 0 Å². The fourth-order valence-corrected chi connectivity index (χ4v) is 2.21. The summed E-state index contributed by atoms with van der Waals surface area (Å²) in [7, 11) is 0. The van der Waals surface area contributed by atoms with Crippen LogP contribution in [-0.4, -0.2) is 4.98 Å². The van der Waals surface area contributed by atoms with Gasteiger partial charge in [-0.15, -0.1) is 0 Å². The van der Waals surface area contributed by atoms with Crippen LogP contribution in [0.4, 0.5) is 10.1 Å². The van der Waals surface area contributed by atoms with E-state index >= 15 is 0 Å². The van der Waals surface area contributed by atoms with Crippen LogP contribution in [0.15, 0.2) is 42.6 Å². The second-order valence-electron chi connectivity index (χ2n) is 5.58. The van der Waals surface area contributed by atoms with Crippen molar-refractivity contribution < 1.29 is 4.39 Å². The minimum absolute atomic E-state index is 0.162. The van der Waals surface area contributed by atoms with Crippen molar-refractivity contribution in [3.8, 4) is 0 Å². The SMILES string of the molecule is CC(C)Cc1ccc(C(C)Nc2ccc(F)nc2)cc1. The summed E-state index contributed by atoms with van der Waals surface area (Å²) in [5.74, 6) is 0.211. The number of aromatic nitrogens is 1. The van der Waals surface area contributed by atoms with Gasteiger partial charge >= 0.3 is 0 Å². The molecule has 1 unspecified atom stereocenters. The van der Waals surface area contributed by atoms with Crippen molar-refractivity contribution >= 4 is 5.69 Å². The van der Waals surface area contributed by atoms with Gasteiger partial charge in [-0.1, -0.05) is 38.1 Å². The van der Waals surface area contributed by atoms with Crippen LogP contribution in [0.5, 0.6) is 0 Å². The third-order valence-corrected chi connectivity index (χ3v) is 3.23. The molecule has 106 valence electrons. The Kier molecular flexibility index (Phi) is 4.72. The van der Waals surface area contributed by atoms with Crippen LogP contribution in [0, 0.1) is 11.9 Å². The first-order chi connectivity index (χ1) is 9.54. The van der Waals surface area contributed by atoms with Crippen molar-refractivity contribution in [3.05, 3.63) is 59.7 Å². The number of pyridine rings is 1. The summed E-state index contributed by atoms with van der Waals surface area (Å²) in [6, 6.07) is 11.9. The molecule has 0 aliphatic carbocycles. The normalized spacial score (nSPS) is 12.4. The smallest absolute Gasteiger partial charge is 0.212 e. The lowest BCUT2D eigenvalue weighted by Gasteiger charge is -2.16. The highest BCUT2D eigenvalue weighted by molar-refractivity contribution is 5.43.